The highest BCUT2D eigenvalue weighted by Gasteiger charge is 2.22. The normalized spacial score (nSPS) is 14.3. The maximum absolute atomic E-state index is 12.3. The van der Waals surface area contributed by atoms with Gasteiger partial charge in [-0.1, -0.05) is 28.4 Å². The van der Waals surface area contributed by atoms with Crippen LogP contribution in [0.1, 0.15) is 13.3 Å². The molecule has 144 valence electrons. The molecule has 1 N–H and O–H groups in total. The zero-order valence-electron chi connectivity index (χ0n) is 14.7. The second-order valence-electron chi connectivity index (χ2n) is 6.14. The zero-order chi connectivity index (χ0) is 19.4. The van der Waals surface area contributed by atoms with E-state index in [0.717, 1.165) is 0 Å². The third-order valence-corrected chi connectivity index (χ3v) is 4.68. The van der Waals surface area contributed by atoms with Crippen molar-refractivity contribution in [3.8, 4) is 11.4 Å². The molecule has 0 saturated carbocycles. The first-order valence-electron chi connectivity index (χ1n) is 8.50. The Morgan fingerprint density at radius 1 is 1.11 bits per heavy atom. The smallest absolute Gasteiger partial charge is 0.321 e. The lowest BCUT2D eigenvalue weighted by atomic mass is 10.2. The topological polar surface area (TPSA) is 91.6 Å². The summed E-state index contributed by atoms with van der Waals surface area (Å²) >= 11 is 12.0. The first kappa shape index (κ1) is 19.4. The van der Waals surface area contributed by atoms with E-state index >= 15 is 0 Å². The lowest BCUT2D eigenvalue weighted by Gasteiger charge is -2.34. The van der Waals surface area contributed by atoms with Crippen LogP contribution in [0.4, 0.5) is 6.01 Å². The minimum atomic E-state index is 0.0204. The zero-order valence-corrected chi connectivity index (χ0v) is 16.3. The van der Waals surface area contributed by atoms with Gasteiger partial charge in [-0.15, -0.1) is 0 Å². The van der Waals surface area contributed by atoms with Crippen LogP contribution in [0.5, 0.6) is 0 Å². The molecular weight excluding hydrogens is 393 g/mol. The highest BCUT2D eigenvalue weighted by atomic mass is 35.5. The van der Waals surface area contributed by atoms with Crippen molar-refractivity contribution < 1.29 is 14.1 Å². The lowest BCUT2D eigenvalue weighted by Crippen LogP contribution is -2.50. The summed E-state index contributed by atoms with van der Waals surface area (Å²) in [6.07, 6.45) is 0.292. The van der Waals surface area contributed by atoms with Gasteiger partial charge in [-0.3, -0.25) is 9.59 Å². The van der Waals surface area contributed by atoms with Crippen molar-refractivity contribution in [2.45, 2.75) is 13.3 Å². The number of anilines is 1. The van der Waals surface area contributed by atoms with Crippen molar-refractivity contribution in [1.29, 1.82) is 0 Å². The number of nitrogens with zero attached hydrogens (tertiary/aromatic N) is 4. The molecule has 2 heterocycles. The summed E-state index contributed by atoms with van der Waals surface area (Å²) in [5.74, 6) is 0.414. The molecule has 27 heavy (non-hydrogen) atoms. The summed E-state index contributed by atoms with van der Waals surface area (Å²) in [6.45, 7) is 4.16. The predicted molar refractivity (Wildman–Crippen MR) is 102 cm³/mol. The molecule has 1 aliphatic rings. The maximum Gasteiger partial charge on any atom is 0.321 e. The van der Waals surface area contributed by atoms with Crippen LogP contribution in [0, 0.1) is 0 Å². The van der Waals surface area contributed by atoms with Gasteiger partial charge in [0, 0.05) is 61.7 Å². The van der Waals surface area contributed by atoms with Crippen molar-refractivity contribution in [2.75, 3.05) is 38.0 Å². The van der Waals surface area contributed by atoms with Crippen molar-refractivity contribution in [3.63, 3.8) is 0 Å². The Bertz CT molecular complexity index is 813. The Morgan fingerprint density at radius 2 is 1.74 bits per heavy atom. The molecule has 0 unspecified atom stereocenters. The molecule has 1 saturated heterocycles. The van der Waals surface area contributed by atoms with E-state index in [2.05, 4.69) is 15.5 Å². The van der Waals surface area contributed by atoms with Crippen LogP contribution in [0.3, 0.4) is 0 Å². The van der Waals surface area contributed by atoms with Crippen LogP contribution in [0.15, 0.2) is 22.7 Å². The maximum atomic E-state index is 12.3. The highest BCUT2D eigenvalue weighted by Crippen LogP contribution is 2.26. The minimum absolute atomic E-state index is 0.0204. The van der Waals surface area contributed by atoms with Crippen molar-refractivity contribution in [1.82, 2.24) is 19.9 Å². The molecule has 2 amide bonds. The van der Waals surface area contributed by atoms with Crippen LogP contribution in [-0.2, 0) is 9.59 Å². The number of carbonyl (C=O) groups excluding carboxylic acids is 2. The largest absolute Gasteiger partial charge is 0.339 e. The van der Waals surface area contributed by atoms with Crippen LogP contribution in [0.2, 0.25) is 10.0 Å². The number of amides is 2. The summed E-state index contributed by atoms with van der Waals surface area (Å²) in [7, 11) is 0. The third kappa shape index (κ3) is 5.11. The number of hydrogen-bond donors (Lipinski definition) is 1. The SMILES string of the molecule is CC(=O)N1CCN(C(=O)CCNc2nc(-c3cc(Cl)cc(Cl)c3)no2)CC1. The Balaban J connectivity index is 1.48. The Morgan fingerprint density at radius 3 is 2.37 bits per heavy atom. The molecule has 1 aromatic heterocycles. The van der Waals surface area contributed by atoms with E-state index in [9.17, 15) is 9.59 Å². The Hall–Kier alpha value is -2.32. The standard InChI is InChI=1S/C17H19Cl2N5O3/c1-11(25)23-4-6-24(7-5-23)15(26)2-3-20-17-21-16(22-27-17)12-8-13(18)10-14(19)9-12/h8-10H,2-7H2,1H3,(H,20,21,22). The predicted octanol–water partition coefficient (Wildman–Crippen LogP) is 2.54. The fraction of sp³-hybridized carbons (Fsp3) is 0.412. The van der Waals surface area contributed by atoms with Gasteiger partial charge in [-0.2, -0.15) is 4.98 Å². The van der Waals surface area contributed by atoms with Gasteiger partial charge in [0.15, 0.2) is 0 Å². The van der Waals surface area contributed by atoms with Crippen molar-refractivity contribution >= 4 is 41.0 Å². The summed E-state index contributed by atoms with van der Waals surface area (Å²) in [6, 6.07) is 5.21. The second-order valence-corrected chi connectivity index (χ2v) is 7.02. The van der Waals surface area contributed by atoms with Crippen molar-refractivity contribution in [2.24, 2.45) is 0 Å². The van der Waals surface area contributed by atoms with E-state index in [0.29, 0.717) is 60.6 Å². The monoisotopic (exact) mass is 411 g/mol. The van der Waals surface area contributed by atoms with Crippen molar-refractivity contribution in [3.05, 3.63) is 28.2 Å². The lowest BCUT2D eigenvalue weighted by molar-refractivity contribution is -0.138. The third-order valence-electron chi connectivity index (χ3n) is 4.24. The highest BCUT2D eigenvalue weighted by molar-refractivity contribution is 6.35. The van der Waals surface area contributed by atoms with E-state index in [4.69, 9.17) is 27.7 Å². The van der Waals surface area contributed by atoms with Crippen LogP contribution in [-0.4, -0.2) is 64.5 Å². The van der Waals surface area contributed by atoms with E-state index in [1.54, 1.807) is 28.0 Å². The van der Waals surface area contributed by atoms with Gasteiger partial charge in [-0.25, -0.2) is 0 Å². The van der Waals surface area contributed by atoms with Crippen LogP contribution >= 0.6 is 23.2 Å². The van der Waals surface area contributed by atoms with Gasteiger partial charge in [0.05, 0.1) is 0 Å². The molecule has 3 rings (SSSR count). The minimum Gasteiger partial charge on any atom is -0.339 e. The van der Waals surface area contributed by atoms with Gasteiger partial charge in [0.25, 0.3) is 0 Å². The van der Waals surface area contributed by atoms with Crippen LogP contribution in [0.25, 0.3) is 11.4 Å². The van der Waals surface area contributed by atoms with E-state index in [1.807, 2.05) is 0 Å². The molecule has 0 bridgehead atoms. The number of rotatable bonds is 5. The molecule has 1 aliphatic heterocycles. The second kappa shape index (κ2) is 8.58. The Kier molecular flexibility index (Phi) is 6.18. The average molecular weight is 412 g/mol. The number of nitrogens with one attached hydrogen (secondary N) is 1. The van der Waals surface area contributed by atoms with Crippen LogP contribution < -0.4 is 5.32 Å². The van der Waals surface area contributed by atoms with Gasteiger partial charge in [0.1, 0.15) is 0 Å². The fourth-order valence-electron chi connectivity index (χ4n) is 2.80. The number of halogens is 2. The molecule has 10 heteroatoms. The molecular formula is C17H19Cl2N5O3. The van der Waals surface area contributed by atoms with Gasteiger partial charge < -0.3 is 19.6 Å². The molecule has 1 fully saturated rings. The fourth-order valence-corrected chi connectivity index (χ4v) is 3.33. The number of hydrogen-bond acceptors (Lipinski definition) is 6. The van der Waals surface area contributed by atoms with E-state index in [1.165, 1.54) is 6.92 Å². The molecule has 0 radical (unpaired) electrons. The number of piperazine rings is 1. The summed E-state index contributed by atoms with van der Waals surface area (Å²) in [5.41, 5.74) is 0.642. The van der Waals surface area contributed by atoms with E-state index < -0.39 is 0 Å². The quantitative estimate of drug-likeness (QED) is 0.812. The summed E-state index contributed by atoms with van der Waals surface area (Å²) in [4.78, 5) is 31.3. The number of aromatic nitrogens is 2. The average Bonchev–Trinajstić information content (AvgIpc) is 3.10. The number of benzene rings is 1. The molecule has 0 spiro atoms. The molecule has 1 aromatic carbocycles. The molecule has 8 nitrogen and oxygen atoms in total. The van der Waals surface area contributed by atoms with Gasteiger partial charge in [0.2, 0.25) is 17.6 Å². The summed E-state index contributed by atoms with van der Waals surface area (Å²) in [5, 5.41) is 7.78. The first-order chi connectivity index (χ1) is 12.9. The Labute approximate surface area is 166 Å². The van der Waals surface area contributed by atoms with Gasteiger partial charge in [-0.05, 0) is 18.2 Å². The summed E-state index contributed by atoms with van der Waals surface area (Å²) < 4.78 is 5.14. The molecule has 0 atom stereocenters. The molecule has 2 aromatic rings. The number of carbonyl (C=O) groups is 2. The van der Waals surface area contributed by atoms with E-state index in [-0.39, 0.29) is 17.8 Å². The molecule has 0 aliphatic carbocycles. The first-order valence-corrected chi connectivity index (χ1v) is 9.25. The van der Waals surface area contributed by atoms with Gasteiger partial charge >= 0.3 is 6.01 Å².